The zero-order chi connectivity index (χ0) is 51.6. The zero-order valence-corrected chi connectivity index (χ0v) is 39.6. The summed E-state index contributed by atoms with van der Waals surface area (Å²) in [5.41, 5.74) is 28.2. The van der Waals surface area contributed by atoms with E-state index in [0.717, 1.165) is 32.4 Å². The summed E-state index contributed by atoms with van der Waals surface area (Å²) in [6.07, 6.45) is -5.45. The molecular formula is C41H84N14O13. The molecule has 396 valence electrons. The second kappa shape index (κ2) is 37.6. The van der Waals surface area contributed by atoms with Crippen molar-refractivity contribution in [3.05, 3.63) is 0 Å². The predicted molar refractivity (Wildman–Crippen MR) is 250 cm³/mol. The molecule has 0 aromatic heterocycles. The molecule has 0 saturated carbocycles. The third-order valence-corrected chi connectivity index (χ3v) is 10.6. The number of hydrogen-bond donors (Lipinski definition) is 20. The highest BCUT2D eigenvalue weighted by Crippen LogP contribution is 2.12. The average Bonchev–Trinajstić information content (AvgIpc) is 3.30. The second-order valence-electron chi connectivity index (χ2n) is 16.6. The number of unbranched alkanes of at least 4 members (excludes halogenated alkanes) is 2. The molecule has 0 aromatic carbocycles. The number of nitrogens with one attached hydrogen (secondary N) is 9. The molecule has 27 nitrogen and oxygen atoms in total. The lowest BCUT2D eigenvalue weighted by atomic mass is 9.97. The van der Waals surface area contributed by atoms with Crippen LogP contribution in [0.1, 0.15) is 77.6 Å². The quantitative estimate of drug-likeness (QED) is 0.0254. The van der Waals surface area contributed by atoms with Gasteiger partial charge in [0, 0.05) is 38.5 Å². The summed E-state index contributed by atoms with van der Waals surface area (Å²) in [5, 5.41) is 85.5. The number of amides is 7. The molecule has 0 aromatic rings. The molecule has 27 heteroatoms. The molecule has 0 aliphatic heterocycles. The van der Waals surface area contributed by atoms with Gasteiger partial charge in [0.15, 0.2) is 6.10 Å². The molecule has 0 rings (SSSR count). The fourth-order valence-electron chi connectivity index (χ4n) is 6.46. The Morgan fingerprint density at radius 1 is 0.559 bits per heavy atom. The van der Waals surface area contributed by atoms with Crippen LogP contribution in [0, 0.1) is 0 Å². The van der Waals surface area contributed by atoms with Crippen LogP contribution in [0.2, 0.25) is 0 Å². The van der Waals surface area contributed by atoms with Gasteiger partial charge in [0.05, 0.1) is 50.0 Å². The first-order valence-corrected chi connectivity index (χ1v) is 23.3. The standard InChI is InChI=1S/C41H84N14O13/c1-24(51-41(68)36(63)33(60)19-31(58)26(46)9-3-4-11-42)37(64)54-28(20-45)40(67)53-27(10-7-12-43)39(66)55-30(23-56)32(59)17-25(57)18-34(61)52-29(21-47-2)38(65)50-22-35(62)49-16-6-5-14-48-15-8-13-44/h24-33,36,47-48,56-60,63H,3-23,42-46H2,1-2H3,(H,49,62)(H,50,65)(H,51,68)(H,52,61)(H,53,67)(H,54,64)(H,55,66)/t24-,25-,26+,27-,28+,29+,30-,31+,32-,33+,36-/m1/s1. The Kier molecular flexibility index (Phi) is 35.3. The van der Waals surface area contributed by atoms with E-state index < -0.39 is 141 Å². The van der Waals surface area contributed by atoms with Crippen molar-refractivity contribution in [2.75, 3.05) is 72.6 Å². The van der Waals surface area contributed by atoms with Crippen molar-refractivity contribution in [3.8, 4) is 0 Å². The van der Waals surface area contributed by atoms with Crippen LogP contribution < -0.4 is 76.5 Å². The molecule has 0 radical (unpaired) electrons. The van der Waals surface area contributed by atoms with E-state index in [1.165, 1.54) is 14.0 Å². The molecule has 7 amide bonds. The number of rotatable bonds is 40. The van der Waals surface area contributed by atoms with Crippen molar-refractivity contribution in [2.45, 2.75) is 144 Å². The van der Waals surface area contributed by atoms with E-state index in [0.29, 0.717) is 38.9 Å². The summed E-state index contributed by atoms with van der Waals surface area (Å²) in [4.78, 5) is 90.1. The van der Waals surface area contributed by atoms with E-state index in [4.69, 9.17) is 28.7 Å². The molecule has 68 heavy (non-hydrogen) atoms. The maximum atomic E-state index is 13.4. The first-order valence-electron chi connectivity index (χ1n) is 23.3. The van der Waals surface area contributed by atoms with Crippen LogP contribution >= 0.6 is 0 Å². The summed E-state index contributed by atoms with van der Waals surface area (Å²) in [5.74, 6) is -5.79. The summed E-state index contributed by atoms with van der Waals surface area (Å²) < 4.78 is 0. The number of hydrogen-bond acceptors (Lipinski definition) is 20. The van der Waals surface area contributed by atoms with Crippen molar-refractivity contribution >= 4 is 41.4 Å². The van der Waals surface area contributed by atoms with E-state index in [-0.39, 0.29) is 32.5 Å². The summed E-state index contributed by atoms with van der Waals surface area (Å²) >= 11 is 0. The molecule has 0 heterocycles. The predicted octanol–water partition coefficient (Wildman–Crippen LogP) is -9.28. The smallest absolute Gasteiger partial charge is 0.252 e. The van der Waals surface area contributed by atoms with E-state index in [1.54, 1.807) is 0 Å². The summed E-state index contributed by atoms with van der Waals surface area (Å²) in [7, 11) is 1.54. The van der Waals surface area contributed by atoms with Crippen LogP contribution in [0.4, 0.5) is 0 Å². The maximum Gasteiger partial charge on any atom is 0.252 e. The van der Waals surface area contributed by atoms with E-state index in [9.17, 15) is 64.2 Å². The molecule has 0 bridgehead atoms. The lowest BCUT2D eigenvalue weighted by molar-refractivity contribution is -0.140. The number of carbonyl (C=O) groups is 7. The van der Waals surface area contributed by atoms with Crippen LogP contribution in [0.15, 0.2) is 0 Å². The molecule has 0 aliphatic carbocycles. The van der Waals surface area contributed by atoms with Crippen molar-refractivity contribution in [1.82, 2.24) is 47.9 Å². The van der Waals surface area contributed by atoms with Gasteiger partial charge in [-0.1, -0.05) is 6.42 Å². The lowest BCUT2D eigenvalue weighted by Gasteiger charge is -2.28. The van der Waals surface area contributed by atoms with Gasteiger partial charge in [-0.3, -0.25) is 33.6 Å². The topological polar surface area (TPSA) is 479 Å². The van der Waals surface area contributed by atoms with Gasteiger partial charge in [-0.15, -0.1) is 0 Å². The van der Waals surface area contributed by atoms with Crippen LogP contribution in [-0.4, -0.2) is 211 Å². The largest absolute Gasteiger partial charge is 0.394 e. The lowest BCUT2D eigenvalue weighted by Crippen LogP contribution is -2.60. The van der Waals surface area contributed by atoms with Gasteiger partial charge in [0.1, 0.15) is 24.2 Å². The third kappa shape index (κ3) is 27.7. The molecule has 11 atom stereocenters. The summed E-state index contributed by atoms with van der Waals surface area (Å²) in [6.45, 7) is 2.68. The van der Waals surface area contributed by atoms with Crippen molar-refractivity contribution in [1.29, 1.82) is 0 Å². The fraction of sp³-hybridized carbons (Fsp3) is 0.829. The minimum absolute atomic E-state index is 0.0250. The Bertz CT molecular complexity index is 1470. The van der Waals surface area contributed by atoms with Gasteiger partial charge in [0.25, 0.3) is 5.91 Å². The SMILES string of the molecule is CNC[C@H](NC(=O)C[C@H](O)C[C@@H](O)[C@@H](CO)NC(=O)[C@@H](CCCN)NC(=O)[C@H](CN)NC(=O)[C@@H](C)NC(=O)[C@H](O)[C@@H](O)C[C@H](O)[C@@H](N)CCCCN)C(=O)NCC(=O)NCCCCNCCCN. The molecule has 0 unspecified atom stereocenters. The fourth-order valence-corrected chi connectivity index (χ4v) is 6.46. The minimum atomic E-state index is -2.05. The Labute approximate surface area is 398 Å². The minimum Gasteiger partial charge on any atom is -0.394 e. The van der Waals surface area contributed by atoms with Gasteiger partial charge in [-0.2, -0.15) is 0 Å². The van der Waals surface area contributed by atoms with Gasteiger partial charge in [-0.25, -0.2) is 0 Å². The number of nitrogens with two attached hydrogens (primary N) is 5. The van der Waals surface area contributed by atoms with E-state index in [2.05, 4.69) is 47.9 Å². The number of aliphatic hydroxyl groups excluding tert-OH is 6. The zero-order valence-electron chi connectivity index (χ0n) is 39.6. The Morgan fingerprint density at radius 3 is 1.79 bits per heavy atom. The third-order valence-electron chi connectivity index (χ3n) is 10.6. The van der Waals surface area contributed by atoms with Crippen molar-refractivity contribution in [3.63, 3.8) is 0 Å². The van der Waals surface area contributed by atoms with Gasteiger partial charge < -0.3 is 107 Å². The van der Waals surface area contributed by atoms with Crippen LogP contribution in [0.5, 0.6) is 0 Å². The first-order chi connectivity index (χ1) is 32.3. The average molecular weight is 981 g/mol. The summed E-state index contributed by atoms with van der Waals surface area (Å²) in [6, 6.07) is -7.46. The molecular weight excluding hydrogens is 897 g/mol. The highest BCUT2D eigenvalue weighted by molar-refractivity contribution is 5.95. The van der Waals surface area contributed by atoms with Crippen molar-refractivity contribution < 1.29 is 64.2 Å². The highest BCUT2D eigenvalue weighted by atomic mass is 16.3. The molecule has 0 aliphatic rings. The molecule has 0 saturated heterocycles. The Balaban J connectivity index is 5.26. The van der Waals surface area contributed by atoms with Crippen LogP contribution in [-0.2, 0) is 33.6 Å². The number of aliphatic hydroxyl groups is 6. The maximum absolute atomic E-state index is 13.4. The second-order valence-corrected chi connectivity index (χ2v) is 16.6. The number of likely N-dealkylation sites (N-methyl/N-ethyl adjacent to an activating group) is 1. The van der Waals surface area contributed by atoms with Crippen LogP contribution in [0.3, 0.4) is 0 Å². The molecule has 0 fully saturated rings. The van der Waals surface area contributed by atoms with Gasteiger partial charge in [-0.05, 0) is 91.6 Å². The van der Waals surface area contributed by atoms with Crippen LogP contribution in [0.25, 0.3) is 0 Å². The Hall–Kier alpha value is -4.23. The number of carbonyl (C=O) groups excluding carboxylic acids is 7. The monoisotopic (exact) mass is 981 g/mol. The molecule has 0 spiro atoms. The van der Waals surface area contributed by atoms with E-state index in [1.807, 2.05) is 0 Å². The Morgan fingerprint density at radius 2 is 1.18 bits per heavy atom. The van der Waals surface area contributed by atoms with E-state index >= 15 is 0 Å². The normalized spacial score (nSPS) is 16.2. The molecule has 25 N–H and O–H groups in total. The van der Waals surface area contributed by atoms with Gasteiger partial charge >= 0.3 is 0 Å². The van der Waals surface area contributed by atoms with Gasteiger partial charge in [0.2, 0.25) is 35.4 Å². The first kappa shape index (κ1) is 63.8. The van der Waals surface area contributed by atoms with Crippen molar-refractivity contribution in [2.24, 2.45) is 28.7 Å². The highest BCUT2D eigenvalue weighted by Gasteiger charge is 2.33.